The number of rotatable bonds is 2. The molecule has 0 aromatic heterocycles. The molecule has 0 N–H and O–H groups in total. The van der Waals surface area contributed by atoms with Gasteiger partial charge in [0, 0.05) is 32.2 Å². The first-order chi connectivity index (χ1) is 7.20. The van der Waals surface area contributed by atoms with E-state index in [4.69, 9.17) is 4.74 Å². The van der Waals surface area contributed by atoms with Gasteiger partial charge >= 0.3 is 6.09 Å². The number of hydrogen-bond donors (Lipinski definition) is 0. The summed E-state index contributed by atoms with van der Waals surface area (Å²) in [6, 6.07) is 0.282. The maximum absolute atomic E-state index is 11.4. The summed E-state index contributed by atoms with van der Waals surface area (Å²) < 4.78 is 4.76. The zero-order valence-electron chi connectivity index (χ0n) is 9.61. The summed E-state index contributed by atoms with van der Waals surface area (Å²) in [5, 5.41) is 0. The predicted molar refractivity (Wildman–Crippen MR) is 57.7 cm³/mol. The zero-order valence-corrected chi connectivity index (χ0v) is 9.61. The SMILES string of the molecule is COC(=O)N1CCN(CC2CC2)CC1C. The van der Waals surface area contributed by atoms with Crippen molar-refractivity contribution in [1.82, 2.24) is 9.80 Å². The van der Waals surface area contributed by atoms with E-state index < -0.39 is 0 Å². The first-order valence-electron chi connectivity index (χ1n) is 5.77. The van der Waals surface area contributed by atoms with Gasteiger partial charge < -0.3 is 9.64 Å². The minimum absolute atomic E-state index is 0.187. The van der Waals surface area contributed by atoms with E-state index in [2.05, 4.69) is 11.8 Å². The van der Waals surface area contributed by atoms with Crippen molar-refractivity contribution in [3.05, 3.63) is 0 Å². The standard InChI is InChI=1S/C11H20N2O2/c1-9-7-12(8-10-3-4-10)5-6-13(9)11(14)15-2/h9-10H,3-8H2,1-2H3. The highest BCUT2D eigenvalue weighted by atomic mass is 16.5. The molecule has 1 heterocycles. The Morgan fingerprint density at radius 2 is 2.13 bits per heavy atom. The molecule has 1 amide bonds. The molecule has 1 saturated carbocycles. The van der Waals surface area contributed by atoms with Crippen LogP contribution in [-0.2, 0) is 4.74 Å². The van der Waals surface area contributed by atoms with Crippen LogP contribution >= 0.6 is 0 Å². The lowest BCUT2D eigenvalue weighted by Crippen LogP contribution is -2.54. The lowest BCUT2D eigenvalue weighted by atomic mass is 10.2. The van der Waals surface area contributed by atoms with Crippen LogP contribution in [0.4, 0.5) is 4.79 Å². The van der Waals surface area contributed by atoms with Crippen molar-refractivity contribution in [2.24, 2.45) is 5.92 Å². The molecule has 1 saturated heterocycles. The van der Waals surface area contributed by atoms with Gasteiger partial charge in [-0.1, -0.05) is 0 Å². The van der Waals surface area contributed by atoms with Gasteiger partial charge in [0.1, 0.15) is 0 Å². The first kappa shape index (κ1) is 10.7. The third kappa shape index (κ3) is 2.62. The maximum Gasteiger partial charge on any atom is 0.409 e. The molecule has 0 bridgehead atoms. The Morgan fingerprint density at radius 1 is 1.40 bits per heavy atom. The minimum atomic E-state index is -0.187. The average molecular weight is 212 g/mol. The molecule has 4 heteroatoms. The Bertz CT molecular complexity index is 241. The van der Waals surface area contributed by atoms with Crippen LogP contribution in [0.1, 0.15) is 19.8 Å². The van der Waals surface area contributed by atoms with E-state index in [1.54, 1.807) is 0 Å². The lowest BCUT2D eigenvalue weighted by molar-refractivity contribution is 0.0615. The third-order valence-corrected chi connectivity index (χ3v) is 3.33. The molecule has 0 spiro atoms. The second-order valence-corrected chi connectivity index (χ2v) is 4.72. The van der Waals surface area contributed by atoms with Gasteiger partial charge in [0.15, 0.2) is 0 Å². The van der Waals surface area contributed by atoms with Gasteiger partial charge in [0.25, 0.3) is 0 Å². The predicted octanol–water partition coefficient (Wildman–Crippen LogP) is 1.17. The Kier molecular flexibility index (Phi) is 3.14. The van der Waals surface area contributed by atoms with Gasteiger partial charge in [-0.2, -0.15) is 0 Å². The first-order valence-corrected chi connectivity index (χ1v) is 5.77. The number of carbonyl (C=O) groups is 1. The quantitative estimate of drug-likeness (QED) is 0.689. The molecular weight excluding hydrogens is 192 g/mol. The number of hydrogen-bond acceptors (Lipinski definition) is 3. The van der Waals surface area contributed by atoms with Crippen molar-refractivity contribution in [3.8, 4) is 0 Å². The maximum atomic E-state index is 11.4. The van der Waals surface area contributed by atoms with Crippen LogP contribution in [0.15, 0.2) is 0 Å². The van der Waals surface area contributed by atoms with Gasteiger partial charge in [-0.3, -0.25) is 4.90 Å². The molecule has 1 unspecified atom stereocenters. The second kappa shape index (κ2) is 4.39. The van der Waals surface area contributed by atoms with Crippen molar-refractivity contribution < 1.29 is 9.53 Å². The molecular formula is C11H20N2O2. The Labute approximate surface area is 91.2 Å². The Morgan fingerprint density at radius 3 is 2.67 bits per heavy atom. The van der Waals surface area contributed by atoms with Crippen LogP contribution in [0.3, 0.4) is 0 Å². The van der Waals surface area contributed by atoms with Crippen molar-refractivity contribution in [2.45, 2.75) is 25.8 Å². The highest BCUT2D eigenvalue weighted by molar-refractivity contribution is 5.67. The fourth-order valence-electron chi connectivity index (χ4n) is 2.25. The van der Waals surface area contributed by atoms with Crippen LogP contribution in [0, 0.1) is 5.92 Å². The van der Waals surface area contributed by atoms with Gasteiger partial charge in [0.2, 0.25) is 0 Å². The monoisotopic (exact) mass is 212 g/mol. The zero-order chi connectivity index (χ0) is 10.8. The average Bonchev–Trinajstić information content (AvgIpc) is 3.01. The topological polar surface area (TPSA) is 32.8 Å². The number of methoxy groups -OCH3 is 1. The molecule has 0 aromatic rings. The minimum Gasteiger partial charge on any atom is -0.453 e. The summed E-state index contributed by atoms with van der Waals surface area (Å²) in [6.07, 6.45) is 2.60. The molecule has 2 fully saturated rings. The molecule has 1 aliphatic heterocycles. The van der Waals surface area contributed by atoms with E-state index in [0.717, 1.165) is 25.6 Å². The highest BCUT2D eigenvalue weighted by Gasteiger charge is 2.31. The molecule has 86 valence electrons. The van der Waals surface area contributed by atoms with Crippen molar-refractivity contribution in [2.75, 3.05) is 33.3 Å². The van der Waals surface area contributed by atoms with Crippen molar-refractivity contribution in [3.63, 3.8) is 0 Å². The van der Waals surface area contributed by atoms with Gasteiger partial charge in [0.05, 0.1) is 7.11 Å². The van der Waals surface area contributed by atoms with E-state index in [-0.39, 0.29) is 12.1 Å². The number of piperazine rings is 1. The molecule has 2 rings (SSSR count). The smallest absolute Gasteiger partial charge is 0.409 e. The summed E-state index contributed by atoms with van der Waals surface area (Å²) in [7, 11) is 1.45. The number of ether oxygens (including phenoxy) is 1. The fourth-order valence-corrected chi connectivity index (χ4v) is 2.25. The largest absolute Gasteiger partial charge is 0.453 e. The third-order valence-electron chi connectivity index (χ3n) is 3.33. The highest BCUT2D eigenvalue weighted by Crippen LogP contribution is 2.30. The lowest BCUT2D eigenvalue weighted by Gasteiger charge is -2.38. The van der Waals surface area contributed by atoms with E-state index in [9.17, 15) is 4.79 Å². The van der Waals surface area contributed by atoms with Crippen LogP contribution in [0.25, 0.3) is 0 Å². The number of amides is 1. The van der Waals surface area contributed by atoms with Crippen molar-refractivity contribution >= 4 is 6.09 Å². The van der Waals surface area contributed by atoms with E-state index in [0.29, 0.717) is 0 Å². The van der Waals surface area contributed by atoms with Gasteiger partial charge in [-0.05, 0) is 25.7 Å². The molecule has 0 radical (unpaired) electrons. The fraction of sp³-hybridized carbons (Fsp3) is 0.909. The molecule has 0 aromatic carbocycles. The van der Waals surface area contributed by atoms with Crippen molar-refractivity contribution in [1.29, 1.82) is 0 Å². The molecule has 2 aliphatic rings. The van der Waals surface area contributed by atoms with Crippen LogP contribution in [0.5, 0.6) is 0 Å². The number of carbonyl (C=O) groups excluding carboxylic acids is 1. The summed E-state index contributed by atoms with van der Waals surface area (Å²) in [6.45, 7) is 6.11. The van der Waals surface area contributed by atoms with E-state index in [1.165, 1.54) is 26.5 Å². The van der Waals surface area contributed by atoms with Gasteiger partial charge in [-0.15, -0.1) is 0 Å². The van der Waals surface area contributed by atoms with Crippen LogP contribution < -0.4 is 0 Å². The van der Waals surface area contributed by atoms with E-state index >= 15 is 0 Å². The molecule has 15 heavy (non-hydrogen) atoms. The summed E-state index contributed by atoms with van der Waals surface area (Å²) in [4.78, 5) is 15.7. The van der Waals surface area contributed by atoms with Gasteiger partial charge in [-0.25, -0.2) is 4.79 Å². The Hall–Kier alpha value is -0.770. The van der Waals surface area contributed by atoms with Crippen LogP contribution in [-0.4, -0.2) is 55.2 Å². The van der Waals surface area contributed by atoms with Crippen LogP contribution in [0.2, 0.25) is 0 Å². The molecule has 1 atom stereocenters. The summed E-state index contributed by atoms with van der Waals surface area (Å²) >= 11 is 0. The normalized spacial score (nSPS) is 27.9. The second-order valence-electron chi connectivity index (χ2n) is 4.72. The van der Waals surface area contributed by atoms with E-state index in [1.807, 2.05) is 4.90 Å². The summed E-state index contributed by atoms with van der Waals surface area (Å²) in [5.41, 5.74) is 0. The Balaban J connectivity index is 1.81. The molecule has 4 nitrogen and oxygen atoms in total. The molecule has 1 aliphatic carbocycles. The summed E-state index contributed by atoms with van der Waals surface area (Å²) in [5.74, 6) is 0.932. The number of nitrogens with zero attached hydrogens (tertiary/aromatic N) is 2.